The van der Waals surface area contributed by atoms with Crippen molar-refractivity contribution in [3.63, 3.8) is 0 Å². The average molecular weight is 510 g/mol. The number of fused-ring (bicyclic) bond motifs is 2. The molecule has 1 aliphatic heterocycles. The fourth-order valence-corrected chi connectivity index (χ4v) is 5.03. The Kier molecular flexibility index (Phi) is 6.45. The van der Waals surface area contributed by atoms with Gasteiger partial charge in [0.05, 0.1) is 6.42 Å². The van der Waals surface area contributed by atoms with Crippen molar-refractivity contribution < 1.29 is 13.7 Å². The van der Waals surface area contributed by atoms with Crippen LogP contribution < -0.4 is 4.90 Å². The molecule has 3 heterocycles. The Labute approximate surface area is 219 Å². The number of benzene rings is 3. The lowest BCUT2D eigenvalue weighted by atomic mass is 10.0. The van der Waals surface area contributed by atoms with E-state index in [9.17, 15) is 9.18 Å². The van der Waals surface area contributed by atoms with E-state index in [1.54, 1.807) is 12.1 Å². The summed E-state index contributed by atoms with van der Waals surface area (Å²) in [7, 11) is 0. The lowest BCUT2D eigenvalue weighted by molar-refractivity contribution is -0.130. The normalized spacial score (nSPS) is 13.9. The maximum Gasteiger partial charge on any atom is 0.263 e. The molecule has 0 aliphatic carbocycles. The van der Waals surface area contributed by atoms with Gasteiger partial charge in [-0.3, -0.25) is 4.79 Å². The van der Waals surface area contributed by atoms with Gasteiger partial charge in [0.1, 0.15) is 28.5 Å². The molecule has 0 spiro atoms. The van der Waals surface area contributed by atoms with E-state index in [1.807, 2.05) is 17.0 Å². The van der Waals surface area contributed by atoms with Gasteiger partial charge in [-0.1, -0.05) is 60.6 Å². The summed E-state index contributed by atoms with van der Waals surface area (Å²) < 4.78 is 19.0. The van der Waals surface area contributed by atoms with Gasteiger partial charge in [0, 0.05) is 38.2 Å². The van der Waals surface area contributed by atoms with Crippen molar-refractivity contribution in [2.24, 2.45) is 0 Å². The molecule has 8 heteroatoms. The Morgan fingerprint density at radius 2 is 1.71 bits per heavy atom. The fraction of sp³-hybridized carbons (Fsp3) is 0.267. The number of hydrogen-bond acceptors (Lipinski definition) is 6. The Bertz CT molecular complexity index is 1610. The smallest absolute Gasteiger partial charge is 0.263 e. The van der Waals surface area contributed by atoms with Crippen LogP contribution in [0.3, 0.4) is 0 Å². The largest absolute Gasteiger partial charge is 0.352 e. The van der Waals surface area contributed by atoms with Gasteiger partial charge in [-0.25, -0.2) is 9.37 Å². The first-order chi connectivity index (χ1) is 18.6. The summed E-state index contributed by atoms with van der Waals surface area (Å²) in [4.78, 5) is 26.6. The molecular formula is C30H28FN5O2. The number of carbonyl (C=O) groups excluding carboxylic acids is 1. The summed E-state index contributed by atoms with van der Waals surface area (Å²) in [5.41, 5.74) is 2.96. The number of halogens is 1. The molecule has 2 aromatic heterocycles. The van der Waals surface area contributed by atoms with Crippen LogP contribution in [-0.2, 0) is 17.6 Å². The minimum absolute atomic E-state index is 0.0394. The molecule has 1 amide bonds. The molecule has 7 nitrogen and oxygen atoms in total. The van der Waals surface area contributed by atoms with E-state index in [4.69, 9.17) is 9.51 Å². The van der Waals surface area contributed by atoms with E-state index in [0.29, 0.717) is 31.9 Å². The lowest BCUT2D eigenvalue weighted by Gasteiger charge is -2.35. The number of nitrogens with zero attached hydrogens (tertiary/aromatic N) is 5. The van der Waals surface area contributed by atoms with Crippen LogP contribution in [0.5, 0.6) is 0 Å². The van der Waals surface area contributed by atoms with E-state index in [2.05, 4.69) is 52.3 Å². The number of aryl methyl sites for hydroxylation is 1. The van der Waals surface area contributed by atoms with Crippen molar-refractivity contribution in [1.29, 1.82) is 0 Å². The predicted octanol–water partition coefficient (Wildman–Crippen LogP) is 5.42. The molecule has 1 aliphatic rings. The highest BCUT2D eigenvalue weighted by Gasteiger charge is 2.27. The molecule has 0 unspecified atom stereocenters. The van der Waals surface area contributed by atoms with Gasteiger partial charge in [0.25, 0.3) is 5.71 Å². The number of rotatable bonds is 6. The zero-order valence-electron chi connectivity index (χ0n) is 21.2. The molecule has 0 radical (unpaired) electrons. The number of carbonyl (C=O) groups is 1. The van der Waals surface area contributed by atoms with E-state index >= 15 is 0 Å². The van der Waals surface area contributed by atoms with Crippen LogP contribution in [0.15, 0.2) is 71.3 Å². The second-order valence-corrected chi connectivity index (χ2v) is 9.66. The van der Waals surface area contributed by atoms with Gasteiger partial charge in [0.15, 0.2) is 0 Å². The van der Waals surface area contributed by atoms with Gasteiger partial charge in [-0.15, -0.1) is 0 Å². The molecule has 5 aromatic rings. The molecule has 0 N–H and O–H groups in total. The van der Waals surface area contributed by atoms with Gasteiger partial charge >= 0.3 is 0 Å². The first-order valence-electron chi connectivity index (χ1n) is 13.0. The molecule has 6 rings (SSSR count). The van der Waals surface area contributed by atoms with Gasteiger partial charge in [-0.2, -0.15) is 4.98 Å². The average Bonchev–Trinajstić information content (AvgIpc) is 3.38. The fourth-order valence-electron chi connectivity index (χ4n) is 5.03. The summed E-state index contributed by atoms with van der Waals surface area (Å²) in [6.45, 7) is 4.51. The number of hydrogen-bond donors (Lipinski definition) is 0. The molecule has 3 aromatic carbocycles. The van der Waals surface area contributed by atoms with E-state index in [0.717, 1.165) is 57.5 Å². The number of piperazine rings is 1. The molecule has 192 valence electrons. The van der Waals surface area contributed by atoms with Gasteiger partial charge in [0.2, 0.25) is 5.91 Å². The Morgan fingerprint density at radius 1 is 0.947 bits per heavy atom. The summed E-state index contributed by atoms with van der Waals surface area (Å²) in [5, 5.41) is 7.51. The summed E-state index contributed by atoms with van der Waals surface area (Å²) in [5.74, 6) is 1.27. The van der Waals surface area contributed by atoms with Crippen molar-refractivity contribution in [1.82, 2.24) is 20.0 Å². The second-order valence-electron chi connectivity index (χ2n) is 9.66. The SMILES string of the molecule is CCCc1nc(N2CCN(C(=O)Cc3ccc(F)cc3)CC2)c2c(-c3ccc4ccccc4c3)noc2n1. The van der Waals surface area contributed by atoms with Crippen LogP contribution in [0.25, 0.3) is 33.1 Å². The summed E-state index contributed by atoms with van der Waals surface area (Å²) in [6.07, 6.45) is 1.92. The van der Waals surface area contributed by atoms with E-state index < -0.39 is 0 Å². The first-order valence-corrected chi connectivity index (χ1v) is 13.0. The number of anilines is 1. The van der Waals surface area contributed by atoms with Crippen LogP contribution in [0.4, 0.5) is 10.2 Å². The molecule has 0 bridgehead atoms. The van der Waals surface area contributed by atoms with Crippen molar-refractivity contribution in [3.05, 3.63) is 83.9 Å². The highest BCUT2D eigenvalue weighted by atomic mass is 19.1. The zero-order chi connectivity index (χ0) is 26.1. The third kappa shape index (κ3) is 4.69. The predicted molar refractivity (Wildman–Crippen MR) is 145 cm³/mol. The van der Waals surface area contributed by atoms with Crippen LogP contribution in [0.1, 0.15) is 24.7 Å². The Hall–Kier alpha value is -4.33. The van der Waals surface area contributed by atoms with Crippen molar-refractivity contribution in [2.45, 2.75) is 26.2 Å². The first kappa shape index (κ1) is 24.0. The minimum Gasteiger partial charge on any atom is -0.352 e. The standard InChI is InChI=1S/C30H28FN5O2/c1-2-5-25-32-29(36-16-14-35(15-17-36)26(37)18-20-8-12-24(31)13-9-20)27-28(34-38-30(27)33-25)23-11-10-21-6-3-4-7-22(21)19-23/h3-4,6-13,19H,2,5,14-18H2,1H3. The maximum atomic E-state index is 13.2. The lowest BCUT2D eigenvalue weighted by Crippen LogP contribution is -2.49. The summed E-state index contributed by atoms with van der Waals surface area (Å²) in [6, 6.07) is 20.6. The minimum atomic E-state index is -0.301. The second kappa shape index (κ2) is 10.2. The van der Waals surface area contributed by atoms with E-state index in [-0.39, 0.29) is 18.1 Å². The van der Waals surface area contributed by atoms with E-state index in [1.165, 1.54) is 12.1 Å². The molecule has 0 atom stereocenters. The maximum absolute atomic E-state index is 13.2. The van der Waals surface area contributed by atoms with Crippen molar-refractivity contribution >= 4 is 33.6 Å². The molecule has 1 fully saturated rings. The Morgan fingerprint density at radius 3 is 2.47 bits per heavy atom. The third-order valence-corrected chi connectivity index (χ3v) is 7.06. The molecule has 38 heavy (non-hydrogen) atoms. The number of amides is 1. The van der Waals surface area contributed by atoms with Crippen LogP contribution in [-0.4, -0.2) is 52.1 Å². The summed E-state index contributed by atoms with van der Waals surface area (Å²) >= 11 is 0. The molecular weight excluding hydrogens is 481 g/mol. The van der Waals surface area contributed by atoms with Crippen molar-refractivity contribution in [2.75, 3.05) is 31.1 Å². The topological polar surface area (TPSA) is 75.4 Å². The van der Waals surface area contributed by atoms with Crippen LogP contribution in [0, 0.1) is 5.82 Å². The highest BCUT2D eigenvalue weighted by molar-refractivity contribution is 6.00. The van der Waals surface area contributed by atoms with Crippen LogP contribution >= 0.6 is 0 Å². The molecule has 1 saturated heterocycles. The zero-order valence-corrected chi connectivity index (χ0v) is 21.2. The van der Waals surface area contributed by atoms with Crippen LogP contribution in [0.2, 0.25) is 0 Å². The molecule has 0 saturated carbocycles. The quantitative estimate of drug-likeness (QED) is 0.304. The Balaban J connectivity index is 1.29. The number of aromatic nitrogens is 3. The van der Waals surface area contributed by atoms with Crippen molar-refractivity contribution in [3.8, 4) is 11.3 Å². The third-order valence-electron chi connectivity index (χ3n) is 7.06. The van der Waals surface area contributed by atoms with Gasteiger partial charge < -0.3 is 14.3 Å². The highest BCUT2D eigenvalue weighted by Crippen LogP contribution is 2.35. The monoisotopic (exact) mass is 509 g/mol. The van der Waals surface area contributed by atoms with Gasteiger partial charge in [-0.05, 0) is 41.0 Å².